The summed E-state index contributed by atoms with van der Waals surface area (Å²) in [5.74, 6) is -1.52. The maximum Gasteiger partial charge on any atom is 0.331 e. The maximum atomic E-state index is 11.6. The molecule has 1 unspecified atom stereocenters. The van der Waals surface area contributed by atoms with Crippen LogP contribution >= 0.6 is 11.6 Å². The minimum absolute atomic E-state index is 0.112. The number of Topliss-reactive ketones (excluding diaryl/α,β-unsaturated/α-hetero) is 1. The first-order chi connectivity index (χ1) is 7.97. The molecule has 0 radical (unpaired) electrons. The fourth-order valence-electron chi connectivity index (χ4n) is 1.10. The Bertz CT molecular complexity index is 456. The van der Waals surface area contributed by atoms with Crippen molar-refractivity contribution in [3.8, 4) is 0 Å². The molecule has 1 atom stereocenters. The molecule has 7 heteroatoms. The second-order valence-electron chi connectivity index (χ2n) is 3.05. The number of alkyl halides is 1. The molecule has 90 valence electrons. The van der Waals surface area contributed by atoms with Crippen molar-refractivity contribution >= 4 is 29.0 Å². The molecule has 0 N–H and O–H groups in total. The Kier molecular flexibility index (Phi) is 4.17. The molecule has 0 aliphatic rings. The number of esters is 1. The third kappa shape index (κ3) is 3.01. The van der Waals surface area contributed by atoms with Crippen molar-refractivity contribution in [3.05, 3.63) is 39.9 Å². The van der Waals surface area contributed by atoms with Gasteiger partial charge in [0.1, 0.15) is 0 Å². The van der Waals surface area contributed by atoms with E-state index in [-0.39, 0.29) is 11.3 Å². The largest absolute Gasteiger partial charge is 0.468 e. The fourth-order valence-corrected chi connectivity index (χ4v) is 1.32. The average Bonchev–Trinajstić information content (AvgIpc) is 2.36. The zero-order valence-electron chi connectivity index (χ0n) is 8.75. The van der Waals surface area contributed by atoms with E-state index in [2.05, 4.69) is 4.74 Å². The Balaban J connectivity index is 2.90. The second-order valence-corrected chi connectivity index (χ2v) is 3.49. The lowest BCUT2D eigenvalue weighted by molar-refractivity contribution is -0.384. The van der Waals surface area contributed by atoms with E-state index in [0.29, 0.717) is 0 Å². The van der Waals surface area contributed by atoms with Crippen LogP contribution < -0.4 is 0 Å². The van der Waals surface area contributed by atoms with Gasteiger partial charge in [-0.05, 0) is 12.1 Å². The quantitative estimate of drug-likeness (QED) is 0.204. The van der Waals surface area contributed by atoms with Crippen LogP contribution in [0.15, 0.2) is 24.3 Å². The lowest BCUT2D eigenvalue weighted by Gasteiger charge is -2.05. The van der Waals surface area contributed by atoms with Crippen LogP contribution in [-0.4, -0.2) is 29.2 Å². The molecule has 6 nitrogen and oxygen atoms in total. The monoisotopic (exact) mass is 257 g/mol. The molecular weight excluding hydrogens is 250 g/mol. The molecule has 0 bridgehead atoms. The Morgan fingerprint density at radius 3 is 2.29 bits per heavy atom. The van der Waals surface area contributed by atoms with Crippen molar-refractivity contribution in [3.63, 3.8) is 0 Å². The van der Waals surface area contributed by atoms with Crippen molar-refractivity contribution in [1.82, 2.24) is 0 Å². The second kappa shape index (κ2) is 5.40. The Morgan fingerprint density at radius 2 is 1.88 bits per heavy atom. The summed E-state index contributed by atoms with van der Waals surface area (Å²) >= 11 is 5.56. The first-order valence-corrected chi connectivity index (χ1v) is 4.91. The van der Waals surface area contributed by atoms with Gasteiger partial charge in [-0.3, -0.25) is 14.9 Å². The number of ketones is 1. The average molecular weight is 258 g/mol. The van der Waals surface area contributed by atoms with E-state index in [0.717, 1.165) is 19.2 Å². The highest BCUT2D eigenvalue weighted by atomic mass is 35.5. The minimum Gasteiger partial charge on any atom is -0.468 e. The van der Waals surface area contributed by atoms with E-state index in [1.165, 1.54) is 12.1 Å². The molecule has 0 aromatic heterocycles. The summed E-state index contributed by atoms with van der Waals surface area (Å²) in [6.07, 6.45) is 0. The molecule has 0 heterocycles. The molecular formula is C10H8ClNO5. The normalized spacial score (nSPS) is 11.6. The number of halogens is 1. The Labute approximate surface area is 101 Å². The molecule has 0 fully saturated rings. The van der Waals surface area contributed by atoms with E-state index in [1.54, 1.807) is 0 Å². The molecule has 1 aromatic carbocycles. The molecule has 1 rings (SSSR count). The van der Waals surface area contributed by atoms with Crippen molar-refractivity contribution in [2.75, 3.05) is 7.11 Å². The van der Waals surface area contributed by atoms with Crippen molar-refractivity contribution in [2.45, 2.75) is 5.38 Å². The van der Waals surface area contributed by atoms with Gasteiger partial charge in [0.25, 0.3) is 5.69 Å². The van der Waals surface area contributed by atoms with Crippen LogP contribution in [0, 0.1) is 10.1 Å². The van der Waals surface area contributed by atoms with Crippen molar-refractivity contribution in [1.29, 1.82) is 0 Å². The van der Waals surface area contributed by atoms with E-state index >= 15 is 0 Å². The van der Waals surface area contributed by atoms with Gasteiger partial charge in [-0.25, -0.2) is 4.79 Å². The number of hydrogen-bond acceptors (Lipinski definition) is 5. The van der Waals surface area contributed by atoms with Gasteiger partial charge in [-0.1, -0.05) is 0 Å². The van der Waals surface area contributed by atoms with Crippen molar-refractivity contribution < 1.29 is 19.2 Å². The summed E-state index contributed by atoms with van der Waals surface area (Å²) in [6.45, 7) is 0. The van der Waals surface area contributed by atoms with Gasteiger partial charge in [-0.15, -0.1) is 11.6 Å². The van der Waals surface area contributed by atoms with Crippen molar-refractivity contribution in [2.24, 2.45) is 0 Å². The predicted octanol–water partition coefficient (Wildman–Crippen LogP) is 1.56. The topological polar surface area (TPSA) is 86.5 Å². The number of carbonyl (C=O) groups excluding carboxylic acids is 2. The van der Waals surface area contributed by atoms with E-state index in [4.69, 9.17) is 11.6 Å². The Morgan fingerprint density at radius 1 is 1.35 bits per heavy atom. The molecule has 0 aliphatic carbocycles. The number of nitrogens with zero attached hydrogens (tertiary/aromatic N) is 1. The highest BCUT2D eigenvalue weighted by molar-refractivity contribution is 6.43. The van der Waals surface area contributed by atoms with Crippen LogP contribution in [0.5, 0.6) is 0 Å². The zero-order chi connectivity index (χ0) is 13.0. The van der Waals surface area contributed by atoms with E-state index < -0.39 is 22.1 Å². The van der Waals surface area contributed by atoms with Gasteiger partial charge in [0.05, 0.1) is 12.0 Å². The van der Waals surface area contributed by atoms with E-state index in [9.17, 15) is 19.7 Å². The first kappa shape index (κ1) is 13.1. The molecule has 1 aromatic rings. The molecule has 17 heavy (non-hydrogen) atoms. The van der Waals surface area contributed by atoms with Crippen LogP contribution in [0.2, 0.25) is 0 Å². The van der Waals surface area contributed by atoms with Gasteiger partial charge in [-0.2, -0.15) is 0 Å². The van der Waals surface area contributed by atoms with Gasteiger partial charge in [0.2, 0.25) is 0 Å². The van der Waals surface area contributed by atoms with Crippen LogP contribution in [-0.2, 0) is 9.53 Å². The van der Waals surface area contributed by atoms with Gasteiger partial charge >= 0.3 is 5.97 Å². The minimum atomic E-state index is -1.44. The highest BCUT2D eigenvalue weighted by Gasteiger charge is 2.26. The molecule has 0 saturated carbocycles. The Hall–Kier alpha value is -1.95. The van der Waals surface area contributed by atoms with Gasteiger partial charge in [0, 0.05) is 17.7 Å². The molecule has 0 saturated heterocycles. The van der Waals surface area contributed by atoms with Crippen LogP contribution in [0.1, 0.15) is 10.4 Å². The summed E-state index contributed by atoms with van der Waals surface area (Å²) in [7, 11) is 1.11. The number of ether oxygens (including phenoxy) is 1. The van der Waals surface area contributed by atoms with Crippen LogP contribution in [0.3, 0.4) is 0 Å². The summed E-state index contributed by atoms with van der Waals surface area (Å²) in [5, 5.41) is 8.95. The number of methoxy groups -OCH3 is 1. The number of non-ortho nitro benzene ring substituents is 1. The van der Waals surface area contributed by atoms with Crippen LogP contribution in [0.4, 0.5) is 5.69 Å². The summed E-state index contributed by atoms with van der Waals surface area (Å²) in [4.78, 5) is 32.4. The lowest BCUT2D eigenvalue weighted by atomic mass is 10.1. The summed E-state index contributed by atoms with van der Waals surface area (Å²) < 4.78 is 4.32. The third-order valence-corrected chi connectivity index (χ3v) is 2.38. The SMILES string of the molecule is COC(=O)C(Cl)C(=O)c1ccc([N+](=O)[O-])cc1. The fraction of sp³-hybridized carbons (Fsp3) is 0.200. The van der Waals surface area contributed by atoms with Crippen LogP contribution in [0.25, 0.3) is 0 Å². The zero-order valence-corrected chi connectivity index (χ0v) is 9.51. The molecule has 0 spiro atoms. The van der Waals surface area contributed by atoms with E-state index in [1.807, 2.05) is 0 Å². The smallest absolute Gasteiger partial charge is 0.331 e. The highest BCUT2D eigenvalue weighted by Crippen LogP contribution is 2.15. The predicted molar refractivity (Wildman–Crippen MR) is 59.1 cm³/mol. The van der Waals surface area contributed by atoms with Gasteiger partial charge in [0.15, 0.2) is 11.2 Å². The standard InChI is InChI=1S/C10H8ClNO5/c1-17-10(14)8(11)9(13)6-2-4-7(5-3-6)12(15)16/h2-5,8H,1H3. The third-order valence-electron chi connectivity index (χ3n) is 2.00. The number of nitro groups is 1. The first-order valence-electron chi connectivity index (χ1n) is 4.48. The molecule has 0 aliphatic heterocycles. The molecule has 0 amide bonds. The number of rotatable bonds is 4. The van der Waals surface area contributed by atoms with Gasteiger partial charge < -0.3 is 4.74 Å². The number of nitro benzene ring substituents is 1. The summed E-state index contributed by atoms with van der Waals surface area (Å²) in [5.41, 5.74) is -0.0354. The maximum absolute atomic E-state index is 11.6. The number of benzene rings is 1. The number of carbonyl (C=O) groups is 2. The lowest BCUT2D eigenvalue weighted by Crippen LogP contribution is -2.25. The summed E-state index contributed by atoms with van der Waals surface area (Å²) in [6, 6.07) is 4.79. The number of hydrogen-bond donors (Lipinski definition) is 0.